The summed E-state index contributed by atoms with van der Waals surface area (Å²) < 4.78 is 5.28. The Morgan fingerprint density at radius 1 is 1.35 bits per heavy atom. The lowest BCUT2D eigenvalue weighted by Gasteiger charge is -2.26. The molecule has 0 amide bonds. The molecule has 5 nitrogen and oxygen atoms in total. The molecule has 3 N–H and O–H groups in total. The van der Waals surface area contributed by atoms with E-state index in [9.17, 15) is 5.11 Å². The van der Waals surface area contributed by atoms with Crippen LogP contribution in [0.15, 0.2) is 29.4 Å². The van der Waals surface area contributed by atoms with Crippen molar-refractivity contribution in [3.8, 4) is 5.75 Å². The van der Waals surface area contributed by atoms with Crippen molar-refractivity contribution in [2.45, 2.75) is 0 Å². The molecule has 1 saturated heterocycles. The van der Waals surface area contributed by atoms with Crippen LogP contribution in [0.25, 0.3) is 0 Å². The van der Waals surface area contributed by atoms with Gasteiger partial charge in [0.05, 0.1) is 18.9 Å². The van der Waals surface area contributed by atoms with Gasteiger partial charge in [0.25, 0.3) is 0 Å². The van der Waals surface area contributed by atoms with Crippen molar-refractivity contribution in [3.63, 3.8) is 0 Å². The predicted octanol–water partition coefficient (Wildman–Crippen LogP) is 0.387. The van der Waals surface area contributed by atoms with Crippen LogP contribution in [0.2, 0.25) is 0 Å². The van der Waals surface area contributed by atoms with Crippen molar-refractivity contribution in [2.75, 3.05) is 32.8 Å². The molecule has 2 rings (SSSR count). The fraction of sp³-hybridized carbons (Fsp3) is 0.417. The molecule has 5 heteroatoms. The SMILES string of the molecule is N/N=C(\CN1CCOCC1)c1ccccc1O. The summed E-state index contributed by atoms with van der Waals surface area (Å²) in [6, 6.07) is 7.10. The summed E-state index contributed by atoms with van der Waals surface area (Å²) in [5.41, 5.74) is 1.39. The van der Waals surface area contributed by atoms with E-state index in [0.29, 0.717) is 17.8 Å². The maximum atomic E-state index is 9.76. The van der Waals surface area contributed by atoms with Gasteiger partial charge in [-0.05, 0) is 12.1 Å². The summed E-state index contributed by atoms with van der Waals surface area (Å²) in [6.45, 7) is 3.84. The first-order chi connectivity index (χ1) is 8.31. The van der Waals surface area contributed by atoms with Crippen molar-refractivity contribution in [1.82, 2.24) is 4.90 Å². The second-order valence-electron chi connectivity index (χ2n) is 3.98. The number of nitrogens with zero attached hydrogens (tertiary/aromatic N) is 2. The lowest BCUT2D eigenvalue weighted by atomic mass is 10.1. The van der Waals surface area contributed by atoms with E-state index < -0.39 is 0 Å². The van der Waals surface area contributed by atoms with Crippen LogP contribution in [0.3, 0.4) is 0 Å². The first-order valence-corrected chi connectivity index (χ1v) is 5.66. The van der Waals surface area contributed by atoms with Gasteiger partial charge >= 0.3 is 0 Å². The van der Waals surface area contributed by atoms with Gasteiger partial charge in [-0.25, -0.2) is 0 Å². The van der Waals surface area contributed by atoms with Crippen LogP contribution in [0.1, 0.15) is 5.56 Å². The molecule has 0 saturated carbocycles. The number of benzene rings is 1. The summed E-state index contributed by atoms with van der Waals surface area (Å²) >= 11 is 0. The largest absolute Gasteiger partial charge is 0.507 e. The van der Waals surface area contributed by atoms with E-state index in [1.165, 1.54) is 0 Å². The minimum Gasteiger partial charge on any atom is -0.507 e. The molecule has 0 bridgehead atoms. The molecule has 1 heterocycles. The van der Waals surface area contributed by atoms with Crippen LogP contribution < -0.4 is 5.84 Å². The number of morpholine rings is 1. The minimum atomic E-state index is 0.213. The van der Waals surface area contributed by atoms with E-state index in [1.54, 1.807) is 12.1 Å². The second-order valence-corrected chi connectivity index (χ2v) is 3.98. The molecule has 1 aliphatic rings. The molecule has 0 atom stereocenters. The van der Waals surface area contributed by atoms with Gasteiger partial charge in [0.1, 0.15) is 5.75 Å². The number of nitrogens with two attached hydrogens (primary N) is 1. The van der Waals surface area contributed by atoms with Crippen molar-refractivity contribution in [1.29, 1.82) is 0 Å². The van der Waals surface area contributed by atoms with Gasteiger partial charge < -0.3 is 15.7 Å². The number of hydrogen-bond acceptors (Lipinski definition) is 5. The highest BCUT2D eigenvalue weighted by Gasteiger charge is 2.15. The zero-order valence-corrected chi connectivity index (χ0v) is 9.67. The zero-order valence-electron chi connectivity index (χ0n) is 9.67. The lowest BCUT2D eigenvalue weighted by Crippen LogP contribution is -2.40. The van der Waals surface area contributed by atoms with Crippen LogP contribution in [0, 0.1) is 0 Å². The van der Waals surface area contributed by atoms with E-state index in [4.69, 9.17) is 10.6 Å². The highest BCUT2D eigenvalue weighted by Crippen LogP contribution is 2.17. The van der Waals surface area contributed by atoms with Gasteiger partial charge in [-0.3, -0.25) is 4.90 Å². The third-order valence-electron chi connectivity index (χ3n) is 2.85. The quantitative estimate of drug-likeness (QED) is 0.451. The molecule has 0 aromatic heterocycles. The Morgan fingerprint density at radius 2 is 2.06 bits per heavy atom. The molecular weight excluding hydrogens is 218 g/mol. The number of hydrogen-bond donors (Lipinski definition) is 2. The number of rotatable bonds is 3. The van der Waals surface area contributed by atoms with Crippen LogP contribution in [0.5, 0.6) is 5.75 Å². The number of aromatic hydroxyl groups is 1. The zero-order chi connectivity index (χ0) is 12.1. The van der Waals surface area contributed by atoms with Gasteiger partial charge in [0.2, 0.25) is 0 Å². The fourth-order valence-electron chi connectivity index (χ4n) is 1.88. The van der Waals surface area contributed by atoms with Gasteiger partial charge in [0.15, 0.2) is 0 Å². The molecule has 17 heavy (non-hydrogen) atoms. The summed E-state index contributed by atoms with van der Waals surface area (Å²) in [7, 11) is 0. The molecule has 1 aliphatic heterocycles. The molecule has 92 valence electrons. The van der Waals surface area contributed by atoms with E-state index in [-0.39, 0.29) is 5.75 Å². The molecule has 0 aliphatic carbocycles. The van der Waals surface area contributed by atoms with E-state index >= 15 is 0 Å². The first-order valence-electron chi connectivity index (χ1n) is 5.66. The number of phenolic OH excluding ortho intramolecular Hbond substituents is 1. The number of phenols is 1. The highest BCUT2D eigenvalue weighted by molar-refractivity contribution is 6.04. The molecule has 0 radical (unpaired) electrons. The molecule has 0 unspecified atom stereocenters. The van der Waals surface area contributed by atoms with Gasteiger partial charge in [-0.1, -0.05) is 12.1 Å². The van der Waals surface area contributed by atoms with Crippen molar-refractivity contribution in [3.05, 3.63) is 29.8 Å². The maximum absolute atomic E-state index is 9.76. The van der Waals surface area contributed by atoms with Crippen LogP contribution in [-0.4, -0.2) is 48.6 Å². The molecule has 0 spiro atoms. The normalized spacial score (nSPS) is 18.2. The Kier molecular flexibility index (Phi) is 3.95. The molecule has 1 aromatic rings. The number of hydrazone groups is 1. The van der Waals surface area contributed by atoms with Gasteiger partial charge in [-0.15, -0.1) is 0 Å². The highest BCUT2D eigenvalue weighted by atomic mass is 16.5. The average Bonchev–Trinajstić information content (AvgIpc) is 2.38. The number of para-hydroxylation sites is 1. The molecular formula is C12H17N3O2. The summed E-state index contributed by atoms with van der Waals surface area (Å²) in [5.74, 6) is 5.62. The standard InChI is InChI=1S/C12H17N3O2/c13-14-11(9-15-5-7-17-8-6-15)10-3-1-2-4-12(10)16/h1-4,16H,5-9,13H2/b14-11+. The Balaban J connectivity index is 2.09. The Hall–Kier alpha value is -1.59. The topological polar surface area (TPSA) is 71.1 Å². The summed E-state index contributed by atoms with van der Waals surface area (Å²) in [4.78, 5) is 2.21. The van der Waals surface area contributed by atoms with Gasteiger partial charge in [0, 0.05) is 25.2 Å². The maximum Gasteiger partial charge on any atom is 0.124 e. The van der Waals surface area contributed by atoms with Crippen LogP contribution >= 0.6 is 0 Å². The number of ether oxygens (including phenoxy) is 1. The molecule has 1 fully saturated rings. The summed E-state index contributed by atoms with van der Waals surface area (Å²) in [5, 5.41) is 13.5. The smallest absolute Gasteiger partial charge is 0.124 e. The van der Waals surface area contributed by atoms with Crippen molar-refractivity contribution < 1.29 is 9.84 Å². The van der Waals surface area contributed by atoms with Crippen LogP contribution in [0.4, 0.5) is 0 Å². The summed E-state index contributed by atoms with van der Waals surface area (Å²) in [6.07, 6.45) is 0. The monoisotopic (exact) mass is 235 g/mol. The minimum absolute atomic E-state index is 0.213. The molecule has 1 aromatic carbocycles. The van der Waals surface area contributed by atoms with Crippen molar-refractivity contribution in [2.24, 2.45) is 10.9 Å². The lowest BCUT2D eigenvalue weighted by molar-refractivity contribution is 0.0453. The third-order valence-corrected chi connectivity index (χ3v) is 2.85. The second kappa shape index (κ2) is 5.65. The van der Waals surface area contributed by atoms with Crippen molar-refractivity contribution >= 4 is 5.71 Å². The predicted molar refractivity (Wildman–Crippen MR) is 66.1 cm³/mol. The Labute approximate surface area is 100 Å². The van der Waals surface area contributed by atoms with Gasteiger partial charge in [-0.2, -0.15) is 5.10 Å². The third kappa shape index (κ3) is 2.95. The fourth-order valence-corrected chi connectivity index (χ4v) is 1.88. The first kappa shape index (κ1) is 11.9. The Bertz CT molecular complexity index is 400. The van der Waals surface area contributed by atoms with E-state index in [2.05, 4.69) is 10.0 Å². The van der Waals surface area contributed by atoms with E-state index in [1.807, 2.05) is 12.1 Å². The van der Waals surface area contributed by atoms with Crippen LogP contribution in [-0.2, 0) is 4.74 Å². The average molecular weight is 235 g/mol. The Morgan fingerprint density at radius 3 is 2.71 bits per heavy atom. The van der Waals surface area contributed by atoms with E-state index in [0.717, 1.165) is 26.3 Å².